The molecule has 7 nitrogen and oxygen atoms in total. The molecule has 10 heteroatoms. The Balaban J connectivity index is 2.40. The van der Waals surface area contributed by atoms with Crippen molar-refractivity contribution in [2.45, 2.75) is 45.8 Å². The van der Waals surface area contributed by atoms with Crippen LogP contribution in [-0.2, 0) is 26.2 Å². The number of halogens is 2. The highest BCUT2D eigenvalue weighted by molar-refractivity contribution is 9.10. The standard InChI is InChI=1S/C23H29BrFN3O4S/c1-5-16(2)26-23(30)17(3)27(14-18-9-6-7-12-21(18)25)22(29)15-28(33(4,31)32)20-11-8-10-19(24)13-20/h6-13,16-17H,5,14-15H2,1-4H3,(H,26,30). The second-order valence-electron chi connectivity index (χ2n) is 7.86. The lowest BCUT2D eigenvalue weighted by atomic mass is 10.1. The summed E-state index contributed by atoms with van der Waals surface area (Å²) in [5, 5.41) is 2.82. The zero-order chi connectivity index (χ0) is 24.8. The summed E-state index contributed by atoms with van der Waals surface area (Å²) in [5.74, 6) is -1.55. The molecule has 2 atom stereocenters. The molecule has 2 unspecified atom stereocenters. The van der Waals surface area contributed by atoms with Gasteiger partial charge in [0, 0.05) is 22.6 Å². The maximum atomic E-state index is 14.4. The highest BCUT2D eigenvalue weighted by Crippen LogP contribution is 2.23. The van der Waals surface area contributed by atoms with E-state index in [-0.39, 0.29) is 18.2 Å². The van der Waals surface area contributed by atoms with E-state index in [1.165, 1.54) is 23.1 Å². The molecule has 0 radical (unpaired) electrons. The van der Waals surface area contributed by atoms with Crippen LogP contribution in [0.4, 0.5) is 10.1 Å². The number of nitrogens with one attached hydrogen (secondary N) is 1. The molecule has 2 aromatic rings. The van der Waals surface area contributed by atoms with Crippen LogP contribution in [0.5, 0.6) is 0 Å². The molecule has 0 heterocycles. The van der Waals surface area contributed by atoms with Crippen LogP contribution < -0.4 is 9.62 Å². The van der Waals surface area contributed by atoms with Crippen LogP contribution in [0.2, 0.25) is 0 Å². The van der Waals surface area contributed by atoms with Crippen molar-refractivity contribution in [2.75, 3.05) is 17.1 Å². The number of carbonyl (C=O) groups excluding carboxylic acids is 2. The lowest BCUT2D eigenvalue weighted by Gasteiger charge is -2.32. The van der Waals surface area contributed by atoms with Gasteiger partial charge in [0.25, 0.3) is 0 Å². The van der Waals surface area contributed by atoms with Gasteiger partial charge in [0.2, 0.25) is 21.8 Å². The first-order valence-electron chi connectivity index (χ1n) is 10.5. The number of rotatable bonds is 10. The topological polar surface area (TPSA) is 86.8 Å². The minimum Gasteiger partial charge on any atom is -0.352 e. The molecule has 2 rings (SSSR count). The van der Waals surface area contributed by atoms with Gasteiger partial charge in [-0.15, -0.1) is 0 Å². The van der Waals surface area contributed by atoms with Crippen LogP contribution >= 0.6 is 15.9 Å². The molecule has 0 aliphatic heterocycles. The maximum absolute atomic E-state index is 14.4. The first-order chi connectivity index (χ1) is 15.4. The molecule has 0 bridgehead atoms. The van der Waals surface area contributed by atoms with Gasteiger partial charge in [-0.2, -0.15) is 0 Å². The van der Waals surface area contributed by atoms with Crippen molar-refractivity contribution in [1.29, 1.82) is 0 Å². The van der Waals surface area contributed by atoms with Crippen LogP contribution in [-0.4, -0.2) is 50.0 Å². The van der Waals surface area contributed by atoms with E-state index in [1.54, 1.807) is 37.3 Å². The third kappa shape index (κ3) is 7.53. The SMILES string of the molecule is CCC(C)NC(=O)C(C)N(Cc1ccccc1F)C(=O)CN(c1cccc(Br)c1)S(C)(=O)=O. The van der Waals surface area contributed by atoms with Gasteiger partial charge in [-0.1, -0.05) is 47.1 Å². The highest BCUT2D eigenvalue weighted by atomic mass is 79.9. The van der Waals surface area contributed by atoms with Crippen molar-refractivity contribution in [3.8, 4) is 0 Å². The molecule has 33 heavy (non-hydrogen) atoms. The first-order valence-corrected chi connectivity index (χ1v) is 13.1. The second-order valence-corrected chi connectivity index (χ2v) is 10.7. The van der Waals surface area contributed by atoms with Crippen molar-refractivity contribution in [1.82, 2.24) is 10.2 Å². The van der Waals surface area contributed by atoms with E-state index < -0.39 is 40.2 Å². The van der Waals surface area contributed by atoms with Crippen molar-refractivity contribution in [2.24, 2.45) is 0 Å². The van der Waals surface area contributed by atoms with E-state index in [0.29, 0.717) is 16.6 Å². The predicted octanol–water partition coefficient (Wildman–Crippen LogP) is 3.69. The summed E-state index contributed by atoms with van der Waals surface area (Å²) >= 11 is 3.31. The van der Waals surface area contributed by atoms with E-state index in [2.05, 4.69) is 21.2 Å². The van der Waals surface area contributed by atoms with Crippen LogP contribution in [0, 0.1) is 5.82 Å². The average Bonchev–Trinajstić information content (AvgIpc) is 2.75. The van der Waals surface area contributed by atoms with E-state index in [9.17, 15) is 22.4 Å². The minimum atomic E-state index is -3.82. The third-order valence-corrected chi connectivity index (χ3v) is 6.88. The molecule has 0 aliphatic carbocycles. The predicted molar refractivity (Wildman–Crippen MR) is 131 cm³/mol. The lowest BCUT2D eigenvalue weighted by molar-refractivity contribution is -0.139. The summed E-state index contributed by atoms with van der Waals surface area (Å²) in [4.78, 5) is 27.4. The fraction of sp³-hybridized carbons (Fsp3) is 0.391. The van der Waals surface area contributed by atoms with Crippen molar-refractivity contribution < 1.29 is 22.4 Å². The van der Waals surface area contributed by atoms with Gasteiger partial charge in [-0.05, 0) is 44.5 Å². The minimum absolute atomic E-state index is 0.112. The maximum Gasteiger partial charge on any atom is 0.244 e. The highest BCUT2D eigenvalue weighted by Gasteiger charge is 2.31. The third-order valence-electron chi connectivity index (χ3n) is 5.24. The zero-order valence-corrected chi connectivity index (χ0v) is 21.5. The van der Waals surface area contributed by atoms with Gasteiger partial charge in [-0.3, -0.25) is 13.9 Å². The van der Waals surface area contributed by atoms with Crippen molar-refractivity contribution in [3.05, 3.63) is 64.4 Å². The van der Waals surface area contributed by atoms with Crippen molar-refractivity contribution in [3.63, 3.8) is 0 Å². The fourth-order valence-corrected chi connectivity index (χ4v) is 4.33. The summed E-state index contributed by atoms with van der Waals surface area (Å²) in [5.41, 5.74) is 0.519. The Morgan fingerprint density at radius 3 is 2.36 bits per heavy atom. The Kier molecular flexibility index (Phi) is 9.42. The Labute approximate surface area is 203 Å². The molecule has 0 aromatic heterocycles. The largest absolute Gasteiger partial charge is 0.352 e. The summed E-state index contributed by atoms with van der Waals surface area (Å²) in [6, 6.07) is 11.4. The van der Waals surface area contributed by atoms with Gasteiger partial charge in [0.1, 0.15) is 18.4 Å². The van der Waals surface area contributed by atoms with Crippen LogP contribution in [0.25, 0.3) is 0 Å². The molecule has 0 aliphatic rings. The summed E-state index contributed by atoms with van der Waals surface area (Å²) < 4.78 is 41.0. The molecule has 0 saturated heterocycles. The molecule has 2 amide bonds. The molecular weight excluding hydrogens is 513 g/mol. The quantitative estimate of drug-likeness (QED) is 0.497. The molecule has 2 aromatic carbocycles. The summed E-state index contributed by atoms with van der Waals surface area (Å²) in [7, 11) is -3.82. The van der Waals surface area contributed by atoms with Gasteiger partial charge in [0.05, 0.1) is 11.9 Å². The number of hydrogen-bond acceptors (Lipinski definition) is 4. The summed E-state index contributed by atoms with van der Waals surface area (Å²) in [6.45, 7) is 4.58. The van der Waals surface area contributed by atoms with Crippen LogP contribution in [0.1, 0.15) is 32.8 Å². The smallest absolute Gasteiger partial charge is 0.244 e. The Hall–Kier alpha value is -2.46. The first kappa shape index (κ1) is 26.8. The van der Waals surface area contributed by atoms with Gasteiger partial charge < -0.3 is 10.2 Å². The summed E-state index contributed by atoms with van der Waals surface area (Å²) in [6.07, 6.45) is 1.70. The fourth-order valence-electron chi connectivity index (χ4n) is 3.10. The zero-order valence-electron chi connectivity index (χ0n) is 19.1. The number of hydrogen-bond donors (Lipinski definition) is 1. The Morgan fingerprint density at radius 1 is 1.12 bits per heavy atom. The molecule has 0 saturated carbocycles. The molecule has 0 spiro atoms. The van der Waals surface area contributed by atoms with Crippen LogP contribution in [0.15, 0.2) is 53.0 Å². The number of nitrogens with zero attached hydrogens (tertiary/aromatic N) is 2. The van der Waals surface area contributed by atoms with Gasteiger partial charge in [0.15, 0.2) is 0 Å². The molecular formula is C23H29BrFN3O4S. The van der Waals surface area contributed by atoms with E-state index in [4.69, 9.17) is 0 Å². The van der Waals surface area contributed by atoms with Crippen molar-refractivity contribution >= 4 is 43.5 Å². The molecule has 0 fully saturated rings. The Morgan fingerprint density at radius 2 is 1.79 bits per heavy atom. The van der Waals surface area contributed by atoms with Crippen LogP contribution in [0.3, 0.4) is 0 Å². The molecule has 180 valence electrons. The van der Waals surface area contributed by atoms with E-state index >= 15 is 0 Å². The monoisotopic (exact) mass is 541 g/mol. The van der Waals surface area contributed by atoms with Gasteiger partial charge in [-0.25, -0.2) is 12.8 Å². The second kappa shape index (κ2) is 11.6. The lowest BCUT2D eigenvalue weighted by Crippen LogP contribution is -2.52. The Bertz CT molecular complexity index is 1100. The normalized spacial score (nSPS) is 13.2. The number of amides is 2. The molecule has 1 N–H and O–H groups in total. The van der Waals surface area contributed by atoms with E-state index in [1.807, 2.05) is 13.8 Å². The average molecular weight is 542 g/mol. The van der Waals surface area contributed by atoms with E-state index in [0.717, 1.165) is 10.6 Å². The van der Waals surface area contributed by atoms with Gasteiger partial charge >= 0.3 is 0 Å². The number of benzene rings is 2. The number of carbonyl (C=O) groups is 2. The number of anilines is 1. The number of sulfonamides is 1.